The second kappa shape index (κ2) is 6.06. The van der Waals surface area contributed by atoms with Crippen LogP contribution in [0.5, 0.6) is 0 Å². The first-order chi connectivity index (χ1) is 10.2. The van der Waals surface area contributed by atoms with E-state index < -0.39 is 11.6 Å². The fraction of sp³-hybridized carbons (Fsp3) is 0.176. The highest BCUT2D eigenvalue weighted by atomic mass is 19.1. The standard InChI is InChI=1S/C17H16F2N2/c18-15-8-12(9-16(19)10-15)3-5-20-11-13-1-2-17-14(7-13)4-6-21-17/h1-2,4,6-10,20-21H,3,5,11H2. The summed E-state index contributed by atoms with van der Waals surface area (Å²) in [7, 11) is 0. The largest absolute Gasteiger partial charge is 0.361 e. The van der Waals surface area contributed by atoms with Crippen molar-refractivity contribution >= 4 is 10.9 Å². The van der Waals surface area contributed by atoms with Gasteiger partial charge in [-0.1, -0.05) is 6.07 Å². The van der Waals surface area contributed by atoms with Gasteiger partial charge in [0.05, 0.1) is 0 Å². The molecule has 0 amide bonds. The van der Waals surface area contributed by atoms with Crippen LogP contribution in [0.3, 0.4) is 0 Å². The highest BCUT2D eigenvalue weighted by Gasteiger charge is 2.01. The van der Waals surface area contributed by atoms with Gasteiger partial charge >= 0.3 is 0 Å². The van der Waals surface area contributed by atoms with Crippen molar-refractivity contribution < 1.29 is 8.78 Å². The van der Waals surface area contributed by atoms with E-state index in [1.165, 1.54) is 23.1 Å². The summed E-state index contributed by atoms with van der Waals surface area (Å²) < 4.78 is 26.1. The lowest BCUT2D eigenvalue weighted by Crippen LogP contribution is -2.16. The van der Waals surface area contributed by atoms with Gasteiger partial charge in [-0.15, -0.1) is 0 Å². The normalized spacial score (nSPS) is 11.1. The third-order valence-corrected chi connectivity index (χ3v) is 3.46. The molecule has 21 heavy (non-hydrogen) atoms. The zero-order chi connectivity index (χ0) is 14.7. The molecular weight excluding hydrogens is 270 g/mol. The average Bonchev–Trinajstić information content (AvgIpc) is 2.90. The second-order valence-corrected chi connectivity index (χ2v) is 5.10. The van der Waals surface area contributed by atoms with Crippen LogP contribution in [0.15, 0.2) is 48.7 Å². The van der Waals surface area contributed by atoms with Gasteiger partial charge in [-0.25, -0.2) is 8.78 Å². The van der Waals surface area contributed by atoms with E-state index in [1.807, 2.05) is 18.3 Å². The van der Waals surface area contributed by atoms with Crippen LogP contribution in [-0.2, 0) is 13.0 Å². The molecule has 2 nitrogen and oxygen atoms in total. The van der Waals surface area contributed by atoms with Crippen LogP contribution in [0.2, 0.25) is 0 Å². The van der Waals surface area contributed by atoms with Crippen LogP contribution < -0.4 is 5.32 Å². The lowest BCUT2D eigenvalue weighted by Gasteiger charge is -2.06. The number of hydrogen-bond donors (Lipinski definition) is 2. The third kappa shape index (κ3) is 3.47. The van der Waals surface area contributed by atoms with Gasteiger partial charge in [-0.05, 0) is 59.8 Å². The van der Waals surface area contributed by atoms with Gasteiger partial charge in [0.25, 0.3) is 0 Å². The van der Waals surface area contributed by atoms with Gasteiger partial charge in [-0.3, -0.25) is 0 Å². The maximum Gasteiger partial charge on any atom is 0.126 e. The van der Waals surface area contributed by atoms with Crippen LogP contribution in [0.25, 0.3) is 10.9 Å². The van der Waals surface area contributed by atoms with Gasteiger partial charge in [0.2, 0.25) is 0 Å². The molecule has 2 aromatic carbocycles. The maximum absolute atomic E-state index is 13.1. The lowest BCUT2D eigenvalue weighted by molar-refractivity contribution is 0.577. The first-order valence-corrected chi connectivity index (χ1v) is 6.92. The SMILES string of the molecule is Fc1cc(F)cc(CCNCc2ccc3[nH]ccc3c2)c1. The summed E-state index contributed by atoms with van der Waals surface area (Å²) in [6.45, 7) is 1.41. The van der Waals surface area contributed by atoms with Crippen LogP contribution in [0, 0.1) is 11.6 Å². The summed E-state index contributed by atoms with van der Waals surface area (Å²) in [5, 5.41) is 4.47. The van der Waals surface area contributed by atoms with Crippen LogP contribution >= 0.6 is 0 Å². The number of benzene rings is 2. The molecule has 1 aromatic heterocycles. The Morgan fingerprint density at radius 1 is 0.905 bits per heavy atom. The molecule has 0 unspecified atom stereocenters. The number of halogens is 2. The maximum atomic E-state index is 13.1. The summed E-state index contributed by atoms with van der Waals surface area (Å²) in [6.07, 6.45) is 2.52. The summed E-state index contributed by atoms with van der Waals surface area (Å²) in [5.74, 6) is -1.05. The summed E-state index contributed by atoms with van der Waals surface area (Å²) in [6, 6.07) is 11.9. The fourth-order valence-electron chi connectivity index (χ4n) is 2.43. The first kappa shape index (κ1) is 13.8. The topological polar surface area (TPSA) is 27.8 Å². The number of rotatable bonds is 5. The molecule has 108 valence electrons. The van der Waals surface area contributed by atoms with Gasteiger partial charge in [0.1, 0.15) is 11.6 Å². The van der Waals surface area contributed by atoms with Crippen molar-refractivity contribution in [2.75, 3.05) is 6.54 Å². The van der Waals surface area contributed by atoms with Crippen molar-refractivity contribution in [3.05, 3.63) is 71.4 Å². The lowest BCUT2D eigenvalue weighted by atomic mass is 10.1. The van der Waals surface area contributed by atoms with Gasteiger partial charge < -0.3 is 10.3 Å². The molecule has 0 fully saturated rings. The quantitative estimate of drug-likeness (QED) is 0.686. The number of fused-ring (bicyclic) bond motifs is 1. The van der Waals surface area contributed by atoms with Crippen molar-refractivity contribution in [3.8, 4) is 0 Å². The molecule has 0 aliphatic rings. The van der Waals surface area contributed by atoms with E-state index in [0.29, 0.717) is 18.5 Å². The number of H-pyrrole nitrogens is 1. The Kier molecular flexibility index (Phi) is 3.97. The Balaban J connectivity index is 1.53. The first-order valence-electron chi connectivity index (χ1n) is 6.92. The highest BCUT2D eigenvalue weighted by Crippen LogP contribution is 2.14. The van der Waals surface area contributed by atoms with E-state index in [1.54, 1.807) is 0 Å². The number of aromatic nitrogens is 1. The average molecular weight is 286 g/mol. The van der Waals surface area contributed by atoms with Crippen LogP contribution in [0.4, 0.5) is 8.78 Å². The van der Waals surface area contributed by atoms with E-state index in [9.17, 15) is 8.78 Å². The fourth-order valence-corrected chi connectivity index (χ4v) is 2.43. The number of aromatic amines is 1. The highest BCUT2D eigenvalue weighted by molar-refractivity contribution is 5.79. The van der Waals surface area contributed by atoms with Crippen molar-refractivity contribution in [1.82, 2.24) is 10.3 Å². The molecule has 0 aliphatic carbocycles. The monoisotopic (exact) mass is 286 g/mol. The molecule has 0 aliphatic heterocycles. The molecule has 2 N–H and O–H groups in total. The molecule has 1 heterocycles. The Morgan fingerprint density at radius 3 is 2.52 bits per heavy atom. The number of nitrogens with one attached hydrogen (secondary N) is 2. The van der Waals surface area contributed by atoms with E-state index >= 15 is 0 Å². The van der Waals surface area contributed by atoms with Crippen molar-refractivity contribution in [3.63, 3.8) is 0 Å². The molecule has 0 saturated heterocycles. The van der Waals surface area contributed by atoms with E-state index in [-0.39, 0.29) is 0 Å². The smallest absolute Gasteiger partial charge is 0.126 e. The molecule has 3 aromatic rings. The van der Waals surface area contributed by atoms with Crippen LogP contribution in [-0.4, -0.2) is 11.5 Å². The Labute approximate surface area is 121 Å². The van der Waals surface area contributed by atoms with Gasteiger partial charge in [0.15, 0.2) is 0 Å². The van der Waals surface area contributed by atoms with Crippen molar-refractivity contribution in [2.45, 2.75) is 13.0 Å². The molecule has 0 saturated carbocycles. The molecule has 4 heteroatoms. The molecular formula is C17H16F2N2. The minimum Gasteiger partial charge on any atom is -0.361 e. The Hall–Kier alpha value is -2.20. The van der Waals surface area contributed by atoms with Crippen molar-refractivity contribution in [2.24, 2.45) is 0 Å². The van der Waals surface area contributed by atoms with Crippen LogP contribution in [0.1, 0.15) is 11.1 Å². The van der Waals surface area contributed by atoms with E-state index in [4.69, 9.17) is 0 Å². The third-order valence-electron chi connectivity index (χ3n) is 3.46. The summed E-state index contributed by atoms with van der Waals surface area (Å²) >= 11 is 0. The molecule has 0 bridgehead atoms. The molecule has 0 radical (unpaired) electrons. The second-order valence-electron chi connectivity index (χ2n) is 5.10. The zero-order valence-electron chi connectivity index (χ0n) is 11.5. The van der Waals surface area contributed by atoms with Gasteiger partial charge in [0, 0.05) is 24.3 Å². The number of hydrogen-bond acceptors (Lipinski definition) is 1. The minimum atomic E-state index is -0.525. The predicted octanol–water partition coefficient (Wildman–Crippen LogP) is 3.78. The summed E-state index contributed by atoms with van der Waals surface area (Å²) in [4.78, 5) is 3.15. The molecule has 0 spiro atoms. The Morgan fingerprint density at radius 2 is 1.71 bits per heavy atom. The van der Waals surface area contributed by atoms with E-state index in [2.05, 4.69) is 22.4 Å². The minimum absolute atomic E-state index is 0.525. The molecule has 0 atom stereocenters. The molecule has 3 rings (SSSR count). The summed E-state index contributed by atoms with van der Waals surface area (Å²) in [5.41, 5.74) is 2.97. The Bertz CT molecular complexity index is 729. The van der Waals surface area contributed by atoms with E-state index in [0.717, 1.165) is 18.1 Å². The van der Waals surface area contributed by atoms with Gasteiger partial charge in [-0.2, -0.15) is 0 Å². The van der Waals surface area contributed by atoms with Crippen molar-refractivity contribution in [1.29, 1.82) is 0 Å². The predicted molar refractivity (Wildman–Crippen MR) is 80.1 cm³/mol. The zero-order valence-corrected chi connectivity index (χ0v) is 11.5.